The van der Waals surface area contributed by atoms with Gasteiger partial charge in [-0.05, 0) is 11.6 Å². The lowest BCUT2D eigenvalue weighted by atomic mass is 10.1. The van der Waals surface area contributed by atoms with Gasteiger partial charge in [-0.1, -0.05) is 30.3 Å². The van der Waals surface area contributed by atoms with Crippen molar-refractivity contribution in [2.45, 2.75) is 6.04 Å². The fourth-order valence-electron chi connectivity index (χ4n) is 2.93. The molecular formula is C19H23N3O3. The van der Waals surface area contributed by atoms with E-state index in [1.54, 1.807) is 19.3 Å². The average molecular weight is 341 g/mol. The summed E-state index contributed by atoms with van der Waals surface area (Å²) in [5.41, 5.74) is 1.40. The van der Waals surface area contributed by atoms with Gasteiger partial charge < -0.3 is 14.6 Å². The van der Waals surface area contributed by atoms with Crippen LogP contribution in [0.4, 0.5) is 0 Å². The topological polar surface area (TPSA) is 63.6 Å². The van der Waals surface area contributed by atoms with Crippen LogP contribution in [0, 0.1) is 0 Å². The second-order valence-electron chi connectivity index (χ2n) is 6.22. The highest BCUT2D eigenvalue weighted by atomic mass is 16.5. The van der Waals surface area contributed by atoms with E-state index < -0.39 is 0 Å². The van der Waals surface area contributed by atoms with E-state index in [1.165, 1.54) is 10.6 Å². The maximum atomic E-state index is 12.7. The first-order valence-corrected chi connectivity index (χ1v) is 8.46. The van der Waals surface area contributed by atoms with E-state index in [0.717, 1.165) is 38.4 Å². The number of nitrogens with zero attached hydrogens (tertiary/aromatic N) is 2. The Balaban J connectivity index is 1.77. The zero-order valence-corrected chi connectivity index (χ0v) is 14.4. The summed E-state index contributed by atoms with van der Waals surface area (Å²) in [4.78, 5) is 26.5. The molecular weight excluding hydrogens is 318 g/mol. The van der Waals surface area contributed by atoms with Gasteiger partial charge in [-0.3, -0.25) is 14.5 Å². The maximum absolute atomic E-state index is 12.7. The summed E-state index contributed by atoms with van der Waals surface area (Å²) in [6, 6.07) is 12.8. The minimum atomic E-state index is -0.183. The van der Waals surface area contributed by atoms with Gasteiger partial charge in [0.15, 0.2) is 0 Å². The van der Waals surface area contributed by atoms with Gasteiger partial charge in [0.2, 0.25) is 5.56 Å². The van der Waals surface area contributed by atoms with Gasteiger partial charge in [-0.2, -0.15) is 0 Å². The molecule has 25 heavy (non-hydrogen) atoms. The summed E-state index contributed by atoms with van der Waals surface area (Å²) in [5, 5.41) is 3.11. The minimum absolute atomic E-state index is 0.121. The Morgan fingerprint density at radius 3 is 2.56 bits per heavy atom. The lowest BCUT2D eigenvalue weighted by molar-refractivity contribution is 0.0332. The monoisotopic (exact) mass is 341 g/mol. The van der Waals surface area contributed by atoms with Crippen molar-refractivity contribution in [2.75, 3.05) is 32.8 Å². The van der Waals surface area contributed by atoms with Crippen LogP contribution in [0.2, 0.25) is 0 Å². The van der Waals surface area contributed by atoms with Crippen molar-refractivity contribution in [2.24, 2.45) is 7.05 Å². The van der Waals surface area contributed by atoms with E-state index in [-0.39, 0.29) is 17.5 Å². The third kappa shape index (κ3) is 4.55. The SMILES string of the molecule is Cn1cc(C(=O)N[C@H](CN2CCOCC2)c2ccccc2)ccc1=O. The van der Waals surface area contributed by atoms with Crippen LogP contribution < -0.4 is 10.9 Å². The molecule has 0 radical (unpaired) electrons. The molecule has 2 heterocycles. The van der Waals surface area contributed by atoms with Gasteiger partial charge in [-0.25, -0.2) is 0 Å². The van der Waals surface area contributed by atoms with Crippen molar-refractivity contribution in [3.05, 3.63) is 70.1 Å². The van der Waals surface area contributed by atoms with Gasteiger partial charge in [-0.15, -0.1) is 0 Å². The van der Waals surface area contributed by atoms with Gasteiger partial charge in [0, 0.05) is 38.9 Å². The fourth-order valence-corrected chi connectivity index (χ4v) is 2.93. The van der Waals surface area contributed by atoms with Crippen LogP contribution in [0.1, 0.15) is 22.0 Å². The lowest BCUT2D eigenvalue weighted by Gasteiger charge is -2.31. The lowest BCUT2D eigenvalue weighted by Crippen LogP contribution is -2.43. The summed E-state index contributed by atoms with van der Waals surface area (Å²) in [6.45, 7) is 3.88. The van der Waals surface area contributed by atoms with Crippen molar-refractivity contribution in [3.63, 3.8) is 0 Å². The summed E-state index contributed by atoms with van der Waals surface area (Å²) in [5.74, 6) is -0.183. The Labute approximate surface area is 147 Å². The summed E-state index contributed by atoms with van der Waals surface area (Å²) < 4.78 is 6.81. The maximum Gasteiger partial charge on any atom is 0.253 e. The van der Waals surface area contributed by atoms with Gasteiger partial charge in [0.25, 0.3) is 5.91 Å². The molecule has 2 aromatic rings. The van der Waals surface area contributed by atoms with E-state index >= 15 is 0 Å². The zero-order valence-electron chi connectivity index (χ0n) is 14.4. The quantitative estimate of drug-likeness (QED) is 0.887. The first-order chi connectivity index (χ1) is 12.1. The number of carbonyl (C=O) groups is 1. The Bertz CT molecular complexity index is 767. The highest BCUT2D eigenvalue weighted by molar-refractivity contribution is 5.94. The fraction of sp³-hybridized carbons (Fsp3) is 0.368. The molecule has 1 aromatic carbocycles. The van der Waals surface area contributed by atoms with E-state index in [1.807, 2.05) is 30.3 Å². The minimum Gasteiger partial charge on any atom is -0.379 e. The van der Waals surface area contributed by atoms with Crippen LogP contribution >= 0.6 is 0 Å². The molecule has 1 amide bonds. The second-order valence-corrected chi connectivity index (χ2v) is 6.22. The normalized spacial score (nSPS) is 16.4. The Kier molecular flexibility index (Phi) is 5.63. The summed E-state index contributed by atoms with van der Waals surface area (Å²) >= 11 is 0. The first kappa shape index (κ1) is 17.4. The molecule has 0 saturated carbocycles. The van der Waals surface area contributed by atoms with Crippen LogP contribution in [0.3, 0.4) is 0 Å². The van der Waals surface area contributed by atoms with Crippen LogP contribution in [0.25, 0.3) is 0 Å². The number of hydrogen-bond acceptors (Lipinski definition) is 4. The van der Waals surface area contributed by atoms with Crippen molar-refractivity contribution in [1.29, 1.82) is 0 Å². The van der Waals surface area contributed by atoms with Crippen LogP contribution in [-0.4, -0.2) is 48.2 Å². The van der Waals surface area contributed by atoms with E-state index in [2.05, 4.69) is 10.2 Å². The second kappa shape index (κ2) is 8.09. The molecule has 3 rings (SSSR count). The number of nitrogens with one attached hydrogen (secondary N) is 1. The zero-order chi connectivity index (χ0) is 17.6. The Hall–Kier alpha value is -2.44. The number of aryl methyl sites for hydroxylation is 1. The number of amides is 1. The molecule has 0 bridgehead atoms. The van der Waals surface area contributed by atoms with E-state index in [0.29, 0.717) is 5.56 Å². The molecule has 0 unspecified atom stereocenters. The van der Waals surface area contributed by atoms with E-state index in [4.69, 9.17) is 4.74 Å². The average Bonchev–Trinajstić information content (AvgIpc) is 2.65. The van der Waals surface area contributed by atoms with Crippen molar-refractivity contribution in [3.8, 4) is 0 Å². The van der Waals surface area contributed by atoms with E-state index in [9.17, 15) is 9.59 Å². The Morgan fingerprint density at radius 1 is 1.16 bits per heavy atom. The van der Waals surface area contributed by atoms with Crippen LogP contribution in [-0.2, 0) is 11.8 Å². The molecule has 1 atom stereocenters. The highest BCUT2D eigenvalue weighted by Crippen LogP contribution is 2.16. The highest BCUT2D eigenvalue weighted by Gasteiger charge is 2.20. The number of hydrogen-bond donors (Lipinski definition) is 1. The first-order valence-electron chi connectivity index (χ1n) is 8.46. The number of carbonyl (C=O) groups excluding carboxylic acids is 1. The molecule has 1 N–H and O–H groups in total. The molecule has 6 heteroatoms. The van der Waals surface area contributed by atoms with Gasteiger partial charge in [0.05, 0.1) is 24.8 Å². The van der Waals surface area contributed by atoms with Crippen molar-refractivity contribution in [1.82, 2.24) is 14.8 Å². The summed E-state index contributed by atoms with van der Waals surface area (Å²) in [7, 11) is 1.64. The number of benzene rings is 1. The molecule has 1 saturated heterocycles. The largest absolute Gasteiger partial charge is 0.379 e. The number of aromatic nitrogens is 1. The van der Waals surface area contributed by atoms with Crippen molar-refractivity contribution >= 4 is 5.91 Å². The van der Waals surface area contributed by atoms with Gasteiger partial charge >= 0.3 is 0 Å². The molecule has 0 spiro atoms. The molecule has 1 aliphatic rings. The number of pyridine rings is 1. The van der Waals surface area contributed by atoms with Crippen LogP contribution in [0.5, 0.6) is 0 Å². The predicted octanol–water partition coefficient (Wildman–Crippen LogP) is 1.19. The molecule has 6 nitrogen and oxygen atoms in total. The molecule has 1 aliphatic heterocycles. The van der Waals surface area contributed by atoms with Gasteiger partial charge in [0.1, 0.15) is 0 Å². The number of ether oxygens (including phenoxy) is 1. The predicted molar refractivity (Wildman–Crippen MR) is 95.6 cm³/mol. The molecule has 1 aromatic heterocycles. The Morgan fingerprint density at radius 2 is 1.88 bits per heavy atom. The van der Waals surface area contributed by atoms with Crippen LogP contribution in [0.15, 0.2) is 53.5 Å². The number of rotatable bonds is 5. The molecule has 0 aliphatic carbocycles. The standard InChI is InChI=1S/C19H23N3O3/c1-21-13-16(7-8-18(21)23)19(24)20-17(15-5-3-2-4-6-15)14-22-9-11-25-12-10-22/h2-8,13,17H,9-12,14H2,1H3,(H,20,24)/t17-/m1/s1. The van der Waals surface area contributed by atoms with Crippen molar-refractivity contribution < 1.29 is 9.53 Å². The third-order valence-corrected chi connectivity index (χ3v) is 4.40. The number of morpholine rings is 1. The third-order valence-electron chi connectivity index (χ3n) is 4.40. The molecule has 132 valence electrons. The molecule has 1 fully saturated rings. The summed E-state index contributed by atoms with van der Waals surface area (Å²) in [6.07, 6.45) is 1.56. The smallest absolute Gasteiger partial charge is 0.253 e.